The number of benzene rings is 2. The van der Waals surface area contributed by atoms with Gasteiger partial charge in [0.25, 0.3) is 11.8 Å². The van der Waals surface area contributed by atoms with Crippen LogP contribution in [0.15, 0.2) is 77.0 Å². The standard InChI is InChI=1S/C25H23N3O4/c1-17-11-12-19(15-22(17)28-13-5-10-23(28)29)26-25(31)21(16-20-9-6-14-32-20)27-24(30)18-7-3-2-4-8-18/h2-4,6-9,11-12,14-16H,5,10,13H2,1H3,(H,26,31)(H,27,30)/b21-16-. The molecule has 0 atom stereocenters. The topological polar surface area (TPSA) is 91.7 Å². The van der Waals surface area contributed by atoms with Crippen LogP contribution in [0.2, 0.25) is 0 Å². The van der Waals surface area contributed by atoms with Crippen molar-refractivity contribution in [2.45, 2.75) is 19.8 Å². The van der Waals surface area contributed by atoms with Crippen LogP contribution in [0, 0.1) is 6.92 Å². The van der Waals surface area contributed by atoms with Crippen molar-refractivity contribution in [1.82, 2.24) is 5.32 Å². The molecule has 7 nitrogen and oxygen atoms in total. The number of hydrogen-bond acceptors (Lipinski definition) is 4. The molecule has 1 aromatic heterocycles. The monoisotopic (exact) mass is 429 g/mol. The maximum Gasteiger partial charge on any atom is 0.272 e. The fourth-order valence-corrected chi connectivity index (χ4v) is 3.54. The number of nitrogens with zero attached hydrogens (tertiary/aromatic N) is 1. The summed E-state index contributed by atoms with van der Waals surface area (Å²) in [7, 11) is 0. The highest BCUT2D eigenvalue weighted by molar-refractivity contribution is 6.10. The van der Waals surface area contributed by atoms with Crippen LogP contribution in [0.3, 0.4) is 0 Å². The Morgan fingerprint density at radius 2 is 1.88 bits per heavy atom. The van der Waals surface area contributed by atoms with E-state index in [4.69, 9.17) is 4.42 Å². The molecule has 0 bridgehead atoms. The summed E-state index contributed by atoms with van der Waals surface area (Å²) in [5.41, 5.74) is 2.70. The predicted octanol–water partition coefficient (Wildman–Crippen LogP) is 4.12. The van der Waals surface area contributed by atoms with Crippen LogP contribution in [-0.4, -0.2) is 24.3 Å². The van der Waals surface area contributed by atoms with Crippen LogP contribution >= 0.6 is 0 Å². The van der Waals surface area contributed by atoms with Gasteiger partial charge >= 0.3 is 0 Å². The molecule has 0 unspecified atom stereocenters. The van der Waals surface area contributed by atoms with Gasteiger partial charge in [-0.05, 0) is 55.3 Å². The van der Waals surface area contributed by atoms with E-state index in [1.807, 2.05) is 19.1 Å². The van der Waals surface area contributed by atoms with E-state index < -0.39 is 11.8 Å². The highest BCUT2D eigenvalue weighted by atomic mass is 16.3. The van der Waals surface area contributed by atoms with Crippen molar-refractivity contribution in [1.29, 1.82) is 0 Å². The molecule has 0 saturated carbocycles. The first-order valence-corrected chi connectivity index (χ1v) is 10.4. The number of nitrogens with one attached hydrogen (secondary N) is 2. The van der Waals surface area contributed by atoms with Crippen LogP contribution in [-0.2, 0) is 9.59 Å². The number of rotatable bonds is 6. The van der Waals surface area contributed by atoms with E-state index in [0.717, 1.165) is 17.7 Å². The summed E-state index contributed by atoms with van der Waals surface area (Å²) in [6.45, 7) is 2.59. The van der Waals surface area contributed by atoms with Crippen LogP contribution in [0.5, 0.6) is 0 Å². The molecule has 2 aromatic carbocycles. The van der Waals surface area contributed by atoms with Crippen LogP contribution < -0.4 is 15.5 Å². The Hall–Kier alpha value is -4.13. The summed E-state index contributed by atoms with van der Waals surface area (Å²) in [5, 5.41) is 5.48. The van der Waals surface area contributed by atoms with E-state index in [9.17, 15) is 14.4 Å². The number of hydrogen-bond donors (Lipinski definition) is 2. The highest BCUT2D eigenvalue weighted by Crippen LogP contribution is 2.28. The summed E-state index contributed by atoms with van der Waals surface area (Å²) < 4.78 is 5.31. The first-order valence-electron chi connectivity index (χ1n) is 10.4. The molecule has 2 heterocycles. The Kier molecular flexibility index (Phi) is 6.17. The molecule has 32 heavy (non-hydrogen) atoms. The molecule has 7 heteroatoms. The van der Waals surface area contributed by atoms with Gasteiger partial charge in [0.1, 0.15) is 11.5 Å². The quantitative estimate of drug-likeness (QED) is 0.577. The van der Waals surface area contributed by atoms with Crippen LogP contribution in [0.4, 0.5) is 11.4 Å². The van der Waals surface area contributed by atoms with Gasteiger partial charge in [-0.3, -0.25) is 14.4 Å². The Labute approximate surface area is 185 Å². The Morgan fingerprint density at radius 3 is 2.56 bits per heavy atom. The molecule has 0 spiro atoms. The second kappa shape index (κ2) is 9.34. The second-order valence-electron chi connectivity index (χ2n) is 7.50. The minimum absolute atomic E-state index is 0.0353. The molecule has 3 amide bonds. The van der Waals surface area contributed by atoms with Gasteiger partial charge in [0, 0.05) is 36.0 Å². The number of aryl methyl sites for hydroxylation is 1. The minimum atomic E-state index is -0.506. The SMILES string of the molecule is Cc1ccc(NC(=O)/C(=C/c2ccco2)NC(=O)c2ccccc2)cc1N1CCCC1=O. The van der Waals surface area contributed by atoms with Gasteiger partial charge in [0.2, 0.25) is 5.91 Å². The van der Waals surface area contributed by atoms with Crippen molar-refractivity contribution in [3.8, 4) is 0 Å². The summed E-state index contributed by atoms with van der Waals surface area (Å²) in [4.78, 5) is 39.6. The Bertz CT molecular complexity index is 1170. The first kappa shape index (κ1) is 21.1. The third-order valence-electron chi connectivity index (χ3n) is 5.19. The van der Waals surface area contributed by atoms with E-state index >= 15 is 0 Å². The van der Waals surface area contributed by atoms with Crippen molar-refractivity contribution >= 4 is 35.2 Å². The molecule has 1 saturated heterocycles. The molecule has 162 valence electrons. The summed E-state index contributed by atoms with van der Waals surface area (Å²) in [5.74, 6) is -0.417. The van der Waals surface area contributed by atoms with Crippen molar-refractivity contribution < 1.29 is 18.8 Å². The molecule has 1 aliphatic heterocycles. The maximum absolute atomic E-state index is 13.1. The number of anilines is 2. The van der Waals surface area contributed by atoms with Crippen LogP contribution in [0.1, 0.15) is 34.5 Å². The molecule has 1 aliphatic rings. The molecular weight excluding hydrogens is 406 g/mol. The average Bonchev–Trinajstić information content (AvgIpc) is 3.47. The first-order chi connectivity index (χ1) is 15.5. The van der Waals surface area contributed by atoms with E-state index in [0.29, 0.717) is 30.0 Å². The highest BCUT2D eigenvalue weighted by Gasteiger charge is 2.23. The van der Waals surface area contributed by atoms with Gasteiger partial charge in [-0.2, -0.15) is 0 Å². The minimum Gasteiger partial charge on any atom is -0.465 e. The lowest BCUT2D eigenvalue weighted by atomic mass is 10.1. The van der Waals surface area contributed by atoms with E-state index in [1.54, 1.807) is 53.4 Å². The summed E-state index contributed by atoms with van der Waals surface area (Å²) in [6, 6.07) is 17.4. The Balaban J connectivity index is 1.58. The largest absolute Gasteiger partial charge is 0.465 e. The number of carbonyl (C=O) groups excluding carboxylic acids is 3. The van der Waals surface area contributed by atoms with Gasteiger partial charge in [-0.15, -0.1) is 0 Å². The fraction of sp³-hybridized carbons (Fsp3) is 0.160. The number of amides is 3. The average molecular weight is 429 g/mol. The van der Waals surface area contributed by atoms with E-state index in [2.05, 4.69) is 10.6 Å². The zero-order valence-electron chi connectivity index (χ0n) is 17.6. The van der Waals surface area contributed by atoms with Gasteiger partial charge in [-0.1, -0.05) is 24.3 Å². The van der Waals surface area contributed by atoms with E-state index in [1.165, 1.54) is 12.3 Å². The predicted molar refractivity (Wildman–Crippen MR) is 122 cm³/mol. The van der Waals surface area contributed by atoms with Gasteiger partial charge in [0.05, 0.1) is 6.26 Å². The molecule has 0 aliphatic carbocycles. The molecule has 4 rings (SSSR count). The third kappa shape index (κ3) is 4.78. The molecule has 2 N–H and O–H groups in total. The third-order valence-corrected chi connectivity index (χ3v) is 5.19. The molecular formula is C25H23N3O4. The van der Waals surface area contributed by atoms with Gasteiger partial charge in [-0.25, -0.2) is 0 Å². The van der Waals surface area contributed by atoms with Gasteiger partial charge in [0.15, 0.2) is 0 Å². The summed E-state index contributed by atoms with van der Waals surface area (Å²) in [6.07, 6.45) is 4.29. The summed E-state index contributed by atoms with van der Waals surface area (Å²) >= 11 is 0. The smallest absolute Gasteiger partial charge is 0.272 e. The Morgan fingerprint density at radius 1 is 1.06 bits per heavy atom. The normalized spacial score (nSPS) is 13.8. The van der Waals surface area contributed by atoms with Gasteiger partial charge < -0.3 is 20.0 Å². The molecule has 3 aromatic rings. The van der Waals surface area contributed by atoms with E-state index in [-0.39, 0.29) is 11.6 Å². The second-order valence-corrected chi connectivity index (χ2v) is 7.50. The van der Waals surface area contributed by atoms with Crippen molar-refractivity contribution in [2.24, 2.45) is 0 Å². The lowest BCUT2D eigenvalue weighted by Gasteiger charge is -2.20. The molecule has 0 radical (unpaired) electrons. The number of carbonyl (C=O) groups is 3. The van der Waals surface area contributed by atoms with Crippen molar-refractivity contribution in [3.05, 3.63) is 89.5 Å². The zero-order valence-corrected chi connectivity index (χ0v) is 17.6. The lowest BCUT2D eigenvalue weighted by Crippen LogP contribution is -2.31. The maximum atomic E-state index is 13.1. The molecule has 1 fully saturated rings. The fourth-order valence-electron chi connectivity index (χ4n) is 3.54. The zero-order chi connectivity index (χ0) is 22.5. The number of furan rings is 1. The lowest BCUT2D eigenvalue weighted by molar-refractivity contribution is -0.117. The van der Waals surface area contributed by atoms with Crippen molar-refractivity contribution in [2.75, 3.05) is 16.8 Å². The van der Waals surface area contributed by atoms with Crippen molar-refractivity contribution in [3.63, 3.8) is 0 Å². The van der Waals surface area contributed by atoms with Crippen LogP contribution in [0.25, 0.3) is 6.08 Å².